The van der Waals surface area contributed by atoms with Gasteiger partial charge in [-0.2, -0.15) is 0 Å². The first-order valence-electron chi connectivity index (χ1n) is 13.2. The number of likely N-dealkylation sites (N-methyl/N-ethyl adjacent to an activating group) is 1. The molecule has 8 heteroatoms. The van der Waals surface area contributed by atoms with Crippen molar-refractivity contribution in [2.24, 2.45) is 5.92 Å². The molecule has 0 saturated carbocycles. The molecule has 1 aliphatic heterocycles. The van der Waals surface area contributed by atoms with Crippen molar-refractivity contribution in [3.63, 3.8) is 0 Å². The second-order valence-corrected chi connectivity index (χ2v) is 9.89. The molecule has 1 aliphatic rings. The van der Waals surface area contributed by atoms with E-state index in [1.54, 1.807) is 47.4 Å². The number of nitrogens with zero attached hydrogens (tertiary/aromatic N) is 1. The Hall–Kier alpha value is -2.94. The summed E-state index contributed by atoms with van der Waals surface area (Å²) in [5.41, 5.74) is 1.38. The maximum atomic E-state index is 14.0. The van der Waals surface area contributed by atoms with E-state index in [1.807, 2.05) is 27.0 Å². The largest absolute Gasteiger partial charge is 0.490 e. The van der Waals surface area contributed by atoms with Crippen LogP contribution in [0, 0.1) is 5.92 Å². The Morgan fingerprint density at radius 3 is 2.62 bits per heavy atom. The van der Waals surface area contributed by atoms with Gasteiger partial charge in [0.25, 0.3) is 11.8 Å². The highest BCUT2D eigenvalue weighted by Crippen LogP contribution is 2.28. The molecule has 0 bridgehead atoms. The molecule has 0 unspecified atom stereocenters. The Labute approximate surface area is 220 Å². The third-order valence-electron chi connectivity index (χ3n) is 6.75. The number of carbonyl (C=O) groups excluding carboxylic acids is 2. The zero-order chi connectivity index (χ0) is 26.8. The van der Waals surface area contributed by atoms with Crippen molar-refractivity contribution in [3.05, 3.63) is 59.7 Å². The van der Waals surface area contributed by atoms with Crippen LogP contribution in [0.5, 0.6) is 5.75 Å². The lowest BCUT2D eigenvalue weighted by Gasteiger charge is -2.34. The first kappa shape index (κ1) is 28.6. The van der Waals surface area contributed by atoms with E-state index < -0.39 is 6.04 Å². The van der Waals surface area contributed by atoms with Gasteiger partial charge in [0.2, 0.25) is 0 Å². The van der Waals surface area contributed by atoms with Crippen LogP contribution in [0.3, 0.4) is 0 Å². The zero-order valence-electron chi connectivity index (χ0n) is 22.4. The molecule has 0 saturated heterocycles. The monoisotopic (exact) mass is 511 g/mol. The van der Waals surface area contributed by atoms with Crippen LogP contribution in [0.4, 0.5) is 5.69 Å². The minimum absolute atomic E-state index is 0.0256. The molecular weight excluding hydrogens is 470 g/mol. The average molecular weight is 512 g/mol. The van der Waals surface area contributed by atoms with Gasteiger partial charge in [-0.25, -0.2) is 0 Å². The van der Waals surface area contributed by atoms with Crippen LogP contribution in [0.1, 0.15) is 60.7 Å². The molecule has 2 aromatic rings. The van der Waals surface area contributed by atoms with Gasteiger partial charge in [-0.05, 0) is 70.5 Å². The predicted octanol–water partition coefficient (Wildman–Crippen LogP) is 3.95. The van der Waals surface area contributed by atoms with Gasteiger partial charge in [-0.1, -0.05) is 25.1 Å². The lowest BCUT2D eigenvalue weighted by atomic mass is 10.0. The van der Waals surface area contributed by atoms with E-state index in [-0.39, 0.29) is 36.5 Å². The Morgan fingerprint density at radius 2 is 1.92 bits per heavy atom. The summed E-state index contributed by atoms with van der Waals surface area (Å²) in [6.45, 7) is 7.43. The standard InChI is InChI=1S/C29H41N3O5/c1-20-18-32(21(2)19-33)29(35)25-16-24(31-28(34)23-11-6-5-7-12-23)13-14-26(25)37-22(3)10-8-9-15-36-27(20)17-30-4/h5-7,11-14,16,20-22,27,30,33H,8-10,15,17-19H2,1-4H3,(H,31,34)/t20-,21-,22-,27-/m0/s1. The number of anilines is 1. The number of nitrogens with one attached hydrogen (secondary N) is 2. The number of aliphatic hydroxyl groups is 1. The molecule has 8 nitrogen and oxygen atoms in total. The van der Waals surface area contributed by atoms with Gasteiger partial charge in [0.05, 0.1) is 30.4 Å². The third kappa shape index (κ3) is 8.02. The average Bonchev–Trinajstić information content (AvgIpc) is 2.90. The Balaban J connectivity index is 1.97. The van der Waals surface area contributed by atoms with Crippen molar-refractivity contribution in [2.75, 3.05) is 38.7 Å². The molecule has 3 rings (SSSR count). The number of benzene rings is 2. The van der Waals surface area contributed by atoms with Gasteiger partial charge in [0.1, 0.15) is 5.75 Å². The molecule has 202 valence electrons. The second-order valence-electron chi connectivity index (χ2n) is 9.89. The normalized spacial score (nSPS) is 22.4. The second kappa shape index (κ2) is 14.1. The zero-order valence-corrected chi connectivity index (χ0v) is 22.4. The minimum Gasteiger partial charge on any atom is -0.490 e. The quantitative estimate of drug-likeness (QED) is 0.543. The Bertz CT molecular complexity index is 1020. The molecule has 1 heterocycles. The van der Waals surface area contributed by atoms with E-state index in [9.17, 15) is 14.7 Å². The Morgan fingerprint density at radius 1 is 1.16 bits per heavy atom. The Kier molecular flexibility index (Phi) is 10.9. The van der Waals surface area contributed by atoms with Gasteiger partial charge in [-0.3, -0.25) is 9.59 Å². The number of carbonyl (C=O) groups is 2. The number of fused-ring (bicyclic) bond motifs is 1. The van der Waals surface area contributed by atoms with Crippen LogP contribution in [-0.4, -0.2) is 73.4 Å². The molecule has 0 spiro atoms. The molecular formula is C29H41N3O5. The first-order valence-corrected chi connectivity index (χ1v) is 13.2. The van der Waals surface area contributed by atoms with Crippen molar-refractivity contribution < 1.29 is 24.2 Å². The van der Waals surface area contributed by atoms with Gasteiger partial charge in [0.15, 0.2) is 0 Å². The van der Waals surface area contributed by atoms with Crippen molar-refractivity contribution >= 4 is 17.5 Å². The van der Waals surface area contributed by atoms with Crippen molar-refractivity contribution in [1.82, 2.24) is 10.2 Å². The highest BCUT2D eigenvalue weighted by molar-refractivity contribution is 6.05. The third-order valence-corrected chi connectivity index (χ3v) is 6.75. The molecule has 4 atom stereocenters. The van der Waals surface area contributed by atoms with Crippen LogP contribution in [0.2, 0.25) is 0 Å². The topological polar surface area (TPSA) is 100 Å². The summed E-state index contributed by atoms with van der Waals surface area (Å²) in [6, 6.07) is 13.7. The van der Waals surface area contributed by atoms with Crippen molar-refractivity contribution in [3.8, 4) is 5.75 Å². The summed E-state index contributed by atoms with van der Waals surface area (Å²) < 4.78 is 12.4. The van der Waals surface area contributed by atoms with E-state index >= 15 is 0 Å². The molecule has 2 aromatic carbocycles. The fourth-order valence-corrected chi connectivity index (χ4v) is 4.48. The number of hydrogen-bond acceptors (Lipinski definition) is 6. The highest BCUT2D eigenvalue weighted by atomic mass is 16.5. The SMILES string of the molecule is CNC[C@@H]1OCCCC[C@H](C)Oc2ccc(NC(=O)c3ccccc3)cc2C(=O)N([C@@H](C)CO)C[C@@H]1C. The smallest absolute Gasteiger partial charge is 0.258 e. The molecule has 0 aliphatic carbocycles. The predicted molar refractivity (Wildman–Crippen MR) is 145 cm³/mol. The van der Waals surface area contributed by atoms with E-state index in [0.717, 1.165) is 19.3 Å². The number of rotatable bonds is 6. The van der Waals surface area contributed by atoms with Gasteiger partial charge in [-0.15, -0.1) is 0 Å². The fraction of sp³-hybridized carbons (Fsp3) is 0.517. The van der Waals surface area contributed by atoms with E-state index in [1.165, 1.54) is 0 Å². The lowest BCUT2D eigenvalue weighted by Crippen LogP contribution is -2.47. The molecule has 0 fully saturated rings. The van der Waals surface area contributed by atoms with E-state index in [0.29, 0.717) is 42.3 Å². The molecule has 2 amide bonds. The summed E-state index contributed by atoms with van der Waals surface area (Å²) >= 11 is 0. The summed E-state index contributed by atoms with van der Waals surface area (Å²) in [6.07, 6.45) is 2.53. The van der Waals surface area contributed by atoms with Crippen LogP contribution < -0.4 is 15.4 Å². The number of hydrogen-bond donors (Lipinski definition) is 3. The molecule has 37 heavy (non-hydrogen) atoms. The van der Waals surface area contributed by atoms with Crippen LogP contribution in [-0.2, 0) is 4.74 Å². The van der Waals surface area contributed by atoms with Gasteiger partial charge >= 0.3 is 0 Å². The van der Waals surface area contributed by atoms with Gasteiger partial charge in [0, 0.05) is 36.9 Å². The van der Waals surface area contributed by atoms with Crippen LogP contribution in [0.25, 0.3) is 0 Å². The summed E-state index contributed by atoms with van der Waals surface area (Å²) in [4.78, 5) is 28.4. The van der Waals surface area contributed by atoms with E-state index in [2.05, 4.69) is 17.6 Å². The van der Waals surface area contributed by atoms with Gasteiger partial charge < -0.3 is 30.1 Å². The first-order chi connectivity index (χ1) is 17.8. The van der Waals surface area contributed by atoms with E-state index in [4.69, 9.17) is 9.47 Å². The molecule has 0 radical (unpaired) electrons. The summed E-state index contributed by atoms with van der Waals surface area (Å²) in [5, 5.41) is 16.1. The van der Waals surface area contributed by atoms with Crippen LogP contribution >= 0.6 is 0 Å². The number of ether oxygens (including phenoxy) is 2. The maximum Gasteiger partial charge on any atom is 0.258 e. The summed E-state index contributed by atoms with van der Waals surface area (Å²) in [5.74, 6) is -0.0215. The number of aliphatic hydroxyl groups excluding tert-OH is 1. The van der Waals surface area contributed by atoms with Crippen molar-refractivity contribution in [1.29, 1.82) is 0 Å². The minimum atomic E-state index is -0.411. The molecule has 0 aromatic heterocycles. The number of amides is 2. The van der Waals surface area contributed by atoms with Crippen LogP contribution in [0.15, 0.2) is 48.5 Å². The fourth-order valence-electron chi connectivity index (χ4n) is 4.48. The summed E-state index contributed by atoms with van der Waals surface area (Å²) in [7, 11) is 1.89. The maximum absolute atomic E-state index is 14.0. The lowest BCUT2D eigenvalue weighted by molar-refractivity contribution is -0.000452. The van der Waals surface area contributed by atoms with Crippen molar-refractivity contribution in [2.45, 2.75) is 58.3 Å². The highest BCUT2D eigenvalue weighted by Gasteiger charge is 2.29. The molecule has 3 N–H and O–H groups in total.